The Morgan fingerprint density at radius 3 is 2.30 bits per heavy atom. The number of hydrogen-bond acceptors (Lipinski definition) is 5. The summed E-state index contributed by atoms with van der Waals surface area (Å²) in [5.41, 5.74) is 4.02. The molecule has 0 aromatic heterocycles. The lowest BCUT2D eigenvalue weighted by atomic mass is 10.1. The molecule has 0 saturated heterocycles. The van der Waals surface area contributed by atoms with Gasteiger partial charge in [0.05, 0.1) is 18.2 Å². The van der Waals surface area contributed by atoms with Crippen molar-refractivity contribution in [2.24, 2.45) is 0 Å². The summed E-state index contributed by atoms with van der Waals surface area (Å²) < 4.78 is 5.13. The number of nitrogens with zero attached hydrogens (tertiary/aromatic N) is 1. The molecule has 1 unspecified atom stereocenters. The number of rotatable bonds is 8. The van der Waals surface area contributed by atoms with E-state index in [1.54, 1.807) is 24.3 Å². The average Bonchev–Trinajstić information content (AvgIpc) is 2.73. The summed E-state index contributed by atoms with van der Waals surface area (Å²) in [4.78, 5) is 36.2. The van der Waals surface area contributed by atoms with Gasteiger partial charge in [0.1, 0.15) is 0 Å². The van der Waals surface area contributed by atoms with Crippen LogP contribution in [0.4, 0.5) is 5.69 Å². The van der Waals surface area contributed by atoms with Crippen molar-refractivity contribution in [3.63, 3.8) is 0 Å². The molecule has 1 atom stereocenters. The summed E-state index contributed by atoms with van der Waals surface area (Å²) in [5, 5.41) is 14.0. The zero-order valence-corrected chi connectivity index (χ0v) is 17.3. The summed E-state index contributed by atoms with van der Waals surface area (Å²) in [5.74, 6) is -1.42. The maximum absolute atomic E-state index is 12.1. The summed E-state index contributed by atoms with van der Waals surface area (Å²) in [6.07, 6.45) is -0.459. The Hall–Kier alpha value is -3.66. The number of carbonyl (C=O) groups excluding carboxylic acids is 3. The van der Waals surface area contributed by atoms with Gasteiger partial charge in [-0.05, 0) is 56.0 Å². The van der Waals surface area contributed by atoms with Crippen LogP contribution in [-0.2, 0) is 25.5 Å². The fourth-order valence-corrected chi connectivity index (χ4v) is 2.81. The number of carbonyl (C=O) groups is 3. The smallest absolute Gasteiger partial charge is 0.306 e. The number of amides is 2. The highest BCUT2D eigenvalue weighted by Gasteiger charge is 2.18. The van der Waals surface area contributed by atoms with E-state index >= 15 is 0 Å². The number of ether oxygens (including phenoxy) is 1. The lowest BCUT2D eigenvalue weighted by Crippen LogP contribution is -2.40. The number of benzene rings is 2. The van der Waals surface area contributed by atoms with Gasteiger partial charge in [-0.3, -0.25) is 14.4 Å². The van der Waals surface area contributed by atoms with Gasteiger partial charge in [0.2, 0.25) is 5.91 Å². The number of para-hydroxylation sites is 1. The second kappa shape index (κ2) is 10.8. The van der Waals surface area contributed by atoms with E-state index in [0.29, 0.717) is 12.0 Å². The molecule has 0 bridgehead atoms. The molecule has 0 aliphatic carbocycles. The lowest BCUT2D eigenvalue weighted by Gasteiger charge is -2.15. The van der Waals surface area contributed by atoms with Crippen LogP contribution in [0.25, 0.3) is 0 Å². The van der Waals surface area contributed by atoms with Crippen molar-refractivity contribution in [2.45, 2.75) is 39.7 Å². The predicted molar refractivity (Wildman–Crippen MR) is 113 cm³/mol. The van der Waals surface area contributed by atoms with Gasteiger partial charge < -0.3 is 15.4 Å². The Kier molecular flexibility index (Phi) is 8.12. The molecular formula is C23H25N3O4. The number of esters is 1. The highest BCUT2D eigenvalue weighted by Crippen LogP contribution is 2.19. The van der Waals surface area contributed by atoms with Crippen LogP contribution in [0.5, 0.6) is 0 Å². The van der Waals surface area contributed by atoms with Gasteiger partial charge in [0, 0.05) is 12.1 Å². The molecule has 0 saturated carbocycles. The first kappa shape index (κ1) is 22.6. The Morgan fingerprint density at radius 1 is 1.07 bits per heavy atom. The summed E-state index contributed by atoms with van der Waals surface area (Å²) in [7, 11) is 0. The fourth-order valence-electron chi connectivity index (χ4n) is 2.81. The van der Waals surface area contributed by atoms with Crippen molar-refractivity contribution in [3.05, 3.63) is 64.7 Å². The maximum atomic E-state index is 12.1. The van der Waals surface area contributed by atoms with Crippen LogP contribution in [0.3, 0.4) is 0 Å². The molecule has 0 heterocycles. The van der Waals surface area contributed by atoms with Crippen LogP contribution >= 0.6 is 0 Å². The van der Waals surface area contributed by atoms with Gasteiger partial charge in [-0.25, -0.2) is 0 Å². The van der Waals surface area contributed by atoms with Crippen molar-refractivity contribution in [2.75, 3.05) is 11.9 Å². The van der Waals surface area contributed by atoms with E-state index in [0.717, 1.165) is 22.4 Å². The molecule has 2 N–H and O–H groups in total. The molecule has 0 radical (unpaired) electrons. The molecule has 2 amide bonds. The Labute approximate surface area is 176 Å². The van der Waals surface area contributed by atoms with Crippen LogP contribution in [-0.4, -0.2) is 30.4 Å². The van der Waals surface area contributed by atoms with Crippen LogP contribution in [0.1, 0.15) is 35.6 Å². The van der Waals surface area contributed by atoms with Crippen LogP contribution in [0.15, 0.2) is 42.5 Å². The Balaban J connectivity index is 1.74. The van der Waals surface area contributed by atoms with E-state index in [4.69, 9.17) is 10.00 Å². The molecule has 2 aromatic rings. The van der Waals surface area contributed by atoms with E-state index < -0.39 is 18.0 Å². The normalized spacial score (nSPS) is 11.1. The fraction of sp³-hybridized carbons (Fsp3) is 0.304. The molecule has 2 rings (SSSR count). The number of nitrogens with one attached hydrogen (secondary N) is 2. The van der Waals surface area contributed by atoms with E-state index in [1.807, 2.05) is 38.1 Å². The first-order chi connectivity index (χ1) is 14.3. The van der Waals surface area contributed by atoms with Crippen LogP contribution in [0.2, 0.25) is 0 Å². The molecule has 7 nitrogen and oxygen atoms in total. The zero-order valence-electron chi connectivity index (χ0n) is 17.3. The minimum absolute atomic E-state index is 0.108. The first-order valence-corrected chi connectivity index (χ1v) is 9.62. The standard InChI is InChI=1S/C23H25N3O4/c1-15-5-4-6-16(2)22(15)26-20(27)14-25-23(29)17(3)30-21(28)12-11-18-7-9-19(13-24)10-8-18/h4-10,17H,11-12,14H2,1-3H3,(H,25,29)(H,26,27). The van der Waals surface area contributed by atoms with Crippen molar-refractivity contribution in [1.82, 2.24) is 5.32 Å². The van der Waals surface area contributed by atoms with Gasteiger partial charge in [-0.15, -0.1) is 0 Å². The van der Waals surface area contributed by atoms with Crippen molar-refractivity contribution in [1.29, 1.82) is 5.26 Å². The zero-order chi connectivity index (χ0) is 22.1. The van der Waals surface area contributed by atoms with E-state index in [-0.39, 0.29) is 18.9 Å². The highest BCUT2D eigenvalue weighted by molar-refractivity contribution is 5.96. The third kappa shape index (κ3) is 6.74. The minimum Gasteiger partial charge on any atom is -0.453 e. The first-order valence-electron chi connectivity index (χ1n) is 9.62. The van der Waals surface area contributed by atoms with Gasteiger partial charge >= 0.3 is 5.97 Å². The second-order valence-electron chi connectivity index (χ2n) is 6.97. The lowest BCUT2D eigenvalue weighted by molar-refractivity contribution is -0.154. The third-order valence-corrected chi connectivity index (χ3v) is 4.55. The summed E-state index contributed by atoms with van der Waals surface area (Å²) in [6.45, 7) is 5.01. The molecule has 156 valence electrons. The largest absolute Gasteiger partial charge is 0.453 e. The van der Waals surface area contributed by atoms with Gasteiger partial charge in [-0.2, -0.15) is 5.26 Å². The molecule has 0 spiro atoms. The topological polar surface area (TPSA) is 108 Å². The van der Waals surface area contributed by atoms with Gasteiger partial charge in [-0.1, -0.05) is 30.3 Å². The Bertz CT molecular complexity index is 941. The summed E-state index contributed by atoms with van der Waals surface area (Å²) >= 11 is 0. The molecule has 2 aromatic carbocycles. The number of nitriles is 1. The van der Waals surface area contributed by atoms with Gasteiger partial charge in [0.15, 0.2) is 6.10 Å². The second-order valence-corrected chi connectivity index (χ2v) is 6.97. The minimum atomic E-state index is -1.01. The van der Waals surface area contributed by atoms with E-state index in [2.05, 4.69) is 10.6 Å². The van der Waals surface area contributed by atoms with E-state index in [9.17, 15) is 14.4 Å². The van der Waals surface area contributed by atoms with Crippen molar-refractivity contribution in [3.8, 4) is 6.07 Å². The van der Waals surface area contributed by atoms with E-state index in [1.165, 1.54) is 6.92 Å². The Morgan fingerprint density at radius 2 is 1.70 bits per heavy atom. The average molecular weight is 407 g/mol. The molecule has 30 heavy (non-hydrogen) atoms. The van der Waals surface area contributed by atoms with Crippen molar-refractivity contribution >= 4 is 23.5 Å². The SMILES string of the molecule is Cc1cccc(C)c1NC(=O)CNC(=O)C(C)OC(=O)CCc1ccc(C#N)cc1. The molecule has 7 heteroatoms. The summed E-state index contributed by atoms with van der Waals surface area (Å²) in [6, 6.07) is 14.6. The number of anilines is 1. The number of aryl methyl sites for hydroxylation is 3. The quantitative estimate of drug-likeness (QED) is 0.654. The molecular weight excluding hydrogens is 382 g/mol. The predicted octanol–water partition coefficient (Wildman–Crippen LogP) is 2.79. The van der Waals surface area contributed by atoms with Crippen molar-refractivity contribution < 1.29 is 19.1 Å². The molecule has 0 fully saturated rings. The third-order valence-electron chi connectivity index (χ3n) is 4.55. The van der Waals surface area contributed by atoms with Crippen LogP contribution in [0, 0.1) is 25.2 Å². The van der Waals surface area contributed by atoms with Gasteiger partial charge in [0.25, 0.3) is 5.91 Å². The molecule has 0 aliphatic heterocycles. The monoisotopic (exact) mass is 407 g/mol. The van der Waals surface area contributed by atoms with Crippen LogP contribution < -0.4 is 10.6 Å². The molecule has 0 aliphatic rings. The number of hydrogen-bond donors (Lipinski definition) is 2. The maximum Gasteiger partial charge on any atom is 0.306 e. The highest BCUT2D eigenvalue weighted by atomic mass is 16.5.